The number of aliphatic imine (C=N–C) groups is 1. The van der Waals surface area contributed by atoms with Crippen molar-refractivity contribution in [2.45, 2.75) is 18.9 Å². The van der Waals surface area contributed by atoms with Crippen molar-refractivity contribution in [3.8, 4) is 5.75 Å². The molecule has 0 spiro atoms. The van der Waals surface area contributed by atoms with Gasteiger partial charge in [0.1, 0.15) is 11.5 Å². The molecule has 1 N–H and O–H groups in total. The Balaban J connectivity index is 1.68. The van der Waals surface area contributed by atoms with E-state index in [1.807, 2.05) is 12.1 Å². The van der Waals surface area contributed by atoms with E-state index in [0.717, 1.165) is 0 Å². The predicted molar refractivity (Wildman–Crippen MR) is 105 cm³/mol. The minimum Gasteiger partial charge on any atom is -0.467 e. The fourth-order valence-electron chi connectivity index (χ4n) is 3.00. The number of thioether (sulfide) groups is 1. The Morgan fingerprint density at radius 3 is 2.72 bits per heavy atom. The molecule has 0 bridgehead atoms. The molecule has 0 radical (unpaired) electrons. The minimum absolute atomic E-state index is 0.0276. The molecular weight excluding hydrogens is 400 g/mol. The van der Waals surface area contributed by atoms with Crippen LogP contribution in [0.5, 0.6) is 5.75 Å². The molecule has 1 aliphatic heterocycles. The lowest BCUT2D eigenvalue weighted by Gasteiger charge is -2.34. The molecule has 150 valence electrons. The van der Waals surface area contributed by atoms with Gasteiger partial charge in [0.05, 0.1) is 30.4 Å². The summed E-state index contributed by atoms with van der Waals surface area (Å²) in [5.74, 6) is 0.990. The number of nitrogens with zero attached hydrogens (tertiary/aromatic N) is 3. The van der Waals surface area contributed by atoms with Crippen LogP contribution in [0.25, 0.3) is 0 Å². The van der Waals surface area contributed by atoms with Gasteiger partial charge in [-0.2, -0.15) is 8.78 Å². The van der Waals surface area contributed by atoms with Gasteiger partial charge >= 0.3 is 6.61 Å². The highest BCUT2D eigenvalue weighted by Gasteiger charge is 2.45. The molecule has 6 nitrogen and oxygen atoms in total. The van der Waals surface area contributed by atoms with Crippen LogP contribution in [0, 0.1) is 0 Å². The average molecular weight is 417 g/mol. The third-order valence-electron chi connectivity index (χ3n) is 4.39. The summed E-state index contributed by atoms with van der Waals surface area (Å²) in [7, 11) is 0. The number of alkyl halides is 2. The highest BCUT2D eigenvalue weighted by Crippen LogP contribution is 2.41. The number of pyridine rings is 1. The molecular formula is C20H17F2N3O3S. The molecule has 0 saturated carbocycles. The lowest BCUT2D eigenvalue weighted by atomic mass is 10.0. The molecule has 3 aromatic rings. The highest BCUT2D eigenvalue weighted by atomic mass is 32.2. The summed E-state index contributed by atoms with van der Waals surface area (Å²) in [5, 5.41) is 12.1. The summed E-state index contributed by atoms with van der Waals surface area (Å²) in [6, 6.07) is 13.1. The van der Waals surface area contributed by atoms with Crippen LogP contribution in [0.1, 0.15) is 11.3 Å². The third-order valence-corrected chi connectivity index (χ3v) is 5.50. The van der Waals surface area contributed by atoms with Crippen molar-refractivity contribution < 1.29 is 23.0 Å². The van der Waals surface area contributed by atoms with E-state index in [1.54, 1.807) is 47.8 Å². The zero-order chi connectivity index (χ0) is 20.3. The first-order chi connectivity index (χ1) is 14.0. The van der Waals surface area contributed by atoms with Crippen molar-refractivity contribution in [1.29, 1.82) is 0 Å². The Kier molecular flexibility index (Phi) is 5.50. The molecule has 9 heteroatoms. The van der Waals surface area contributed by atoms with E-state index < -0.39 is 12.3 Å². The van der Waals surface area contributed by atoms with E-state index in [0.29, 0.717) is 27.9 Å². The lowest BCUT2D eigenvalue weighted by molar-refractivity contribution is -0.0553. The Morgan fingerprint density at radius 2 is 2.07 bits per heavy atom. The van der Waals surface area contributed by atoms with E-state index in [4.69, 9.17) is 4.42 Å². The maximum Gasteiger partial charge on any atom is 0.387 e. The van der Waals surface area contributed by atoms with Gasteiger partial charge in [-0.25, -0.2) is 4.99 Å². The Hall–Kier alpha value is -2.91. The number of benzene rings is 1. The second-order valence-electron chi connectivity index (χ2n) is 6.28. The highest BCUT2D eigenvalue weighted by molar-refractivity contribution is 8.14. The Morgan fingerprint density at radius 1 is 1.24 bits per heavy atom. The smallest absolute Gasteiger partial charge is 0.387 e. The van der Waals surface area contributed by atoms with Crippen LogP contribution >= 0.6 is 11.8 Å². The van der Waals surface area contributed by atoms with Gasteiger partial charge in [0.2, 0.25) is 0 Å². The Labute approximate surface area is 169 Å². The number of halogens is 2. The quantitative estimate of drug-likeness (QED) is 0.643. The van der Waals surface area contributed by atoms with Gasteiger partial charge < -0.3 is 19.2 Å². The molecule has 2 aromatic heterocycles. The lowest BCUT2D eigenvalue weighted by Crippen LogP contribution is -2.44. The zero-order valence-electron chi connectivity index (χ0n) is 15.1. The maximum absolute atomic E-state index is 12.4. The number of hydrogen-bond donors (Lipinski definition) is 1. The van der Waals surface area contributed by atoms with Crippen molar-refractivity contribution in [3.63, 3.8) is 0 Å². The molecule has 4 rings (SSSR count). The Bertz CT molecular complexity index is 968. The average Bonchev–Trinajstić information content (AvgIpc) is 3.33. The fourth-order valence-corrected chi connectivity index (χ4v) is 4.20. The number of rotatable bonds is 6. The molecule has 1 fully saturated rings. The van der Waals surface area contributed by atoms with Gasteiger partial charge in [-0.15, -0.1) is 0 Å². The number of aromatic nitrogens is 1. The molecule has 0 unspecified atom stereocenters. The van der Waals surface area contributed by atoms with Crippen LogP contribution in [-0.2, 0) is 12.3 Å². The number of furan rings is 1. The standard InChI is InChI=1S/C20H17F2N3O3S/c21-18(22)28-16-7-5-14(6-8-16)20(26)13-29-19(24-15-3-1-9-23-11-15)25(20)12-17-4-2-10-27-17/h1-11,18,26H,12-13H2/t20-/m1/s1. The number of hydrogen-bond acceptors (Lipinski definition) is 6. The van der Waals surface area contributed by atoms with Gasteiger partial charge in [0, 0.05) is 11.8 Å². The van der Waals surface area contributed by atoms with Gasteiger partial charge in [0.15, 0.2) is 10.9 Å². The van der Waals surface area contributed by atoms with Gasteiger partial charge in [-0.05, 0) is 36.4 Å². The first kappa shape index (κ1) is 19.4. The number of aliphatic hydroxyl groups is 1. The summed E-state index contributed by atoms with van der Waals surface area (Å²) in [6.45, 7) is -2.62. The normalized spacial score (nSPS) is 20.6. The largest absolute Gasteiger partial charge is 0.467 e. The van der Waals surface area contributed by atoms with Crippen LogP contribution in [-0.4, -0.2) is 32.5 Å². The molecule has 3 heterocycles. The summed E-state index contributed by atoms with van der Waals surface area (Å²) in [4.78, 5) is 10.4. The van der Waals surface area contributed by atoms with E-state index in [1.165, 1.54) is 23.9 Å². The summed E-state index contributed by atoms with van der Waals surface area (Å²) in [5.41, 5.74) is -0.207. The van der Waals surface area contributed by atoms with Gasteiger partial charge in [-0.1, -0.05) is 23.9 Å². The van der Waals surface area contributed by atoms with Crippen molar-refractivity contribution in [2.24, 2.45) is 4.99 Å². The molecule has 1 atom stereocenters. The third kappa shape index (κ3) is 4.25. The molecule has 29 heavy (non-hydrogen) atoms. The van der Waals surface area contributed by atoms with Gasteiger partial charge in [-0.3, -0.25) is 4.98 Å². The van der Waals surface area contributed by atoms with Crippen molar-refractivity contribution in [1.82, 2.24) is 9.88 Å². The van der Waals surface area contributed by atoms with Crippen LogP contribution in [0.4, 0.5) is 14.5 Å². The van der Waals surface area contributed by atoms with Crippen molar-refractivity contribution in [3.05, 3.63) is 78.5 Å². The topological polar surface area (TPSA) is 71.1 Å². The van der Waals surface area contributed by atoms with E-state index in [9.17, 15) is 13.9 Å². The first-order valence-corrected chi connectivity index (χ1v) is 9.72. The molecule has 0 amide bonds. The van der Waals surface area contributed by atoms with Crippen LogP contribution in [0.3, 0.4) is 0 Å². The van der Waals surface area contributed by atoms with E-state index >= 15 is 0 Å². The molecule has 1 aromatic carbocycles. The number of amidine groups is 1. The summed E-state index contributed by atoms with van der Waals surface area (Å²) in [6.07, 6.45) is 4.85. The second kappa shape index (κ2) is 8.22. The van der Waals surface area contributed by atoms with Crippen molar-refractivity contribution in [2.75, 3.05) is 5.75 Å². The number of ether oxygens (including phenoxy) is 1. The van der Waals surface area contributed by atoms with Crippen LogP contribution in [0.2, 0.25) is 0 Å². The SMILES string of the molecule is O[C@@]1(c2ccc(OC(F)F)cc2)CSC(=Nc2cccnc2)N1Cc1ccco1. The molecule has 0 aliphatic carbocycles. The summed E-state index contributed by atoms with van der Waals surface area (Å²) >= 11 is 1.39. The monoisotopic (exact) mass is 417 g/mol. The van der Waals surface area contributed by atoms with E-state index in [-0.39, 0.29) is 12.3 Å². The second-order valence-corrected chi connectivity index (χ2v) is 7.22. The first-order valence-electron chi connectivity index (χ1n) is 8.74. The van der Waals surface area contributed by atoms with Crippen LogP contribution in [0.15, 0.2) is 76.6 Å². The molecule has 1 saturated heterocycles. The van der Waals surface area contributed by atoms with Crippen LogP contribution < -0.4 is 4.74 Å². The minimum atomic E-state index is -2.90. The van der Waals surface area contributed by atoms with Gasteiger partial charge in [0.25, 0.3) is 0 Å². The van der Waals surface area contributed by atoms with E-state index in [2.05, 4.69) is 14.7 Å². The zero-order valence-corrected chi connectivity index (χ0v) is 15.9. The maximum atomic E-state index is 12.4. The summed E-state index contributed by atoms with van der Waals surface area (Å²) < 4.78 is 34.7. The predicted octanol–water partition coefficient (Wildman–Crippen LogP) is 4.36. The molecule has 1 aliphatic rings. The van der Waals surface area contributed by atoms with Crippen molar-refractivity contribution >= 4 is 22.6 Å². The fraction of sp³-hybridized carbons (Fsp3) is 0.200.